The first-order chi connectivity index (χ1) is 14.0. The molecule has 0 spiro atoms. The Labute approximate surface area is 170 Å². The van der Waals surface area contributed by atoms with Crippen LogP contribution in [-0.4, -0.2) is 30.1 Å². The van der Waals surface area contributed by atoms with Crippen LogP contribution < -0.4 is 20.1 Å². The maximum absolute atomic E-state index is 12.8. The van der Waals surface area contributed by atoms with E-state index in [4.69, 9.17) is 9.47 Å². The number of anilines is 3. The van der Waals surface area contributed by atoms with Crippen molar-refractivity contribution in [2.24, 2.45) is 0 Å². The molecular formula is C22H24N4O3. The standard InChI is InChI=1S/C22H24N4O3/c1-5-15-6-8-16(9-7-15)25-21-13-19(23-14(2)24-21)22(27)26-18-12-17(28-3)10-11-20(18)29-4/h6-13H,5H2,1-4H3,(H,26,27)(H,23,24,25). The van der Waals surface area contributed by atoms with Gasteiger partial charge in [-0.05, 0) is 43.2 Å². The summed E-state index contributed by atoms with van der Waals surface area (Å²) >= 11 is 0. The normalized spacial score (nSPS) is 10.3. The van der Waals surface area contributed by atoms with Crippen molar-refractivity contribution < 1.29 is 14.3 Å². The minimum atomic E-state index is -0.369. The number of hydrogen-bond acceptors (Lipinski definition) is 6. The van der Waals surface area contributed by atoms with Gasteiger partial charge < -0.3 is 20.1 Å². The van der Waals surface area contributed by atoms with E-state index in [9.17, 15) is 4.79 Å². The van der Waals surface area contributed by atoms with Crippen molar-refractivity contribution >= 4 is 23.1 Å². The van der Waals surface area contributed by atoms with Gasteiger partial charge in [-0.15, -0.1) is 0 Å². The molecule has 1 heterocycles. The van der Waals surface area contributed by atoms with Crippen molar-refractivity contribution in [2.75, 3.05) is 24.9 Å². The zero-order chi connectivity index (χ0) is 20.8. The highest BCUT2D eigenvalue weighted by atomic mass is 16.5. The molecule has 0 unspecified atom stereocenters. The molecule has 3 aromatic rings. The van der Waals surface area contributed by atoms with Gasteiger partial charge in [-0.3, -0.25) is 4.79 Å². The van der Waals surface area contributed by atoms with Gasteiger partial charge in [0.1, 0.15) is 28.8 Å². The van der Waals surface area contributed by atoms with Gasteiger partial charge in [-0.25, -0.2) is 9.97 Å². The van der Waals surface area contributed by atoms with E-state index in [1.807, 2.05) is 12.1 Å². The first kappa shape index (κ1) is 20.1. The number of carbonyl (C=O) groups is 1. The summed E-state index contributed by atoms with van der Waals surface area (Å²) in [6.45, 7) is 3.85. The highest BCUT2D eigenvalue weighted by Gasteiger charge is 2.14. The number of aromatic nitrogens is 2. The summed E-state index contributed by atoms with van der Waals surface area (Å²) in [5.41, 5.74) is 2.88. The fraction of sp³-hybridized carbons (Fsp3) is 0.227. The van der Waals surface area contributed by atoms with Crippen molar-refractivity contribution in [3.05, 3.63) is 65.6 Å². The van der Waals surface area contributed by atoms with Gasteiger partial charge in [0.2, 0.25) is 0 Å². The Morgan fingerprint density at radius 2 is 1.76 bits per heavy atom. The van der Waals surface area contributed by atoms with Crippen LogP contribution in [0.2, 0.25) is 0 Å². The number of rotatable bonds is 7. The third kappa shape index (κ3) is 5.01. The molecule has 0 bridgehead atoms. The van der Waals surface area contributed by atoms with Crippen LogP contribution in [0.3, 0.4) is 0 Å². The molecule has 2 aromatic carbocycles. The Morgan fingerprint density at radius 3 is 2.41 bits per heavy atom. The van der Waals surface area contributed by atoms with Crippen molar-refractivity contribution in [1.29, 1.82) is 0 Å². The molecule has 29 heavy (non-hydrogen) atoms. The van der Waals surface area contributed by atoms with E-state index in [-0.39, 0.29) is 11.6 Å². The second-order valence-corrected chi connectivity index (χ2v) is 6.38. The van der Waals surface area contributed by atoms with E-state index in [1.165, 1.54) is 12.7 Å². The quantitative estimate of drug-likeness (QED) is 0.621. The van der Waals surface area contributed by atoms with Crippen LogP contribution in [0.25, 0.3) is 0 Å². The zero-order valence-electron chi connectivity index (χ0n) is 16.9. The molecule has 2 N–H and O–H groups in total. The average Bonchev–Trinajstić information content (AvgIpc) is 2.73. The third-order valence-electron chi connectivity index (χ3n) is 4.36. The van der Waals surface area contributed by atoms with Gasteiger partial charge >= 0.3 is 0 Å². The minimum absolute atomic E-state index is 0.245. The number of nitrogens with zero attached hydrogens (tertiary/aromatic N) is 2. The van der Waals surface area contributed by atoms with Crippen molar-refractivity contribution in [3.63, 3.8) is 0 Å². The molecule has 0 aliphatic carbocycles. The van der Waals surface area contributed by atoms with Gasteiger partial charge in [-0.2, -0.15) is 0 Å². The molecule has 7 heteroatoms. The number of aryl methyl sites for hydroxylation is 2. The largest absolute Gasteiger partial charge is 0.497 e. The Balaban J connectivity index is 1.82. The molecule has 0 saturated carbocycles. The Hall–Kier alpha value is -3.61. The fourth-order valence-corrected chi connectivity index (χ4v) is 2.82. The lowest BCUT2D eigenvalue weighted by Crippen LogP contribution is -2.16. The number of carbonyl (C=O) groups excluding carboxylic acids is 1. The third-order valence-corrected chi connectivity index (χ3v) is 4.36. The molecule has 0 fully saturated rings. The first-order valence-corrected chi connectivity index (χ1v) is 9.27. The second-order valence-electron chi connectivity index (χ2n) is 6.38. The van der Waals surface area contributed by atoms with Crippen molar-refractivity contribution in [3.8, 4) is 11.5 Å². The fourth-order valence-electron chi connectivity index (χ4n) is 2.82. The zero-order valence-corrected chi connectivity index (χ0v) is 16.9. The molecular weight excluding hydrogens is 368 g/mol. The van der Waals surface area contributed by atoms with Crippen LogP contribution in [0.5, 0.6) is 11.5 Å². The summed E-state index contributed by atoms with van der Waals surface area (Å²) in [7, 11) is 3.10. The summed E-state index contributed by atoms with van der Waals surface area (Å²) < 4.78 is 10.5. The van der Waals surface area contributed by atoms with E-state index in [0.717, 1.165) is 12.1 Å². The Bertz CT molecular complexity index is 1000. The predicted octanol–water partition coefficient (Wildman–Crippen LogP) is 4.36. The number of hydrogen-bond donors (Lipinski definition) is 2. The molecule has 0 saturated heterocycles. The van der Waals surface area contributed by atoms with Gasteiger partial charge in [0.05, 0.1) is 19.9 Å². The molecule has 0 radical (unpaired) electrons. The van der Waals surface area contributed by atoms with Gasteiger partial charge in [-0.1, -0.05) is 19.1 Å². The molecule has 7 nitrogen and oxygen atoms in total. The maximum Gasteiger partial charge on any atom is 0.274 e. The molecule has 0 atom stereocenters. The number of methoxy groups -OCH3 is 2. The maximum atomic E-state index is 12.8. The van der Waals surface area contributed by atoms with Gasteiger partial charge in [0.25, 0.3) is 5.91 Å². The molecule has 150 valence electrons. The summed E-state index contributed by atoms with van der Waals surface area (Å²) in [5, 5.41) is 6.04. The topological polar surface area (TPSA) is 85.4 Å². The molecule has 1 aromatic heterocycles. The molecule has 0 aliphatic heterocycles. The summed E-state index contributed by atoms with van der Waals surface area (Å²) in [6, 6.07) is 14.9. The van der Waals surface area contributed by atoms with E-state index < -0.39 is 0 Å². The Kier molecular flexibility index (Phi) is 6.29. The highest BCUT2D eigenvalue weighted by molar-refractivity contribution is 6.04. The van der Waals surface area contributed by atoms with Crippen LogP contribution in [0, 0.1) is 6.92 Å². The van der Waals surface area contributed by atoms with E-state index in [1.54, 1.807) is 38.3 Å². The van der Waals surface area contributed by atoms with E-state index >= 15 is 0 Å². The lowest BCUT2D eigenvalue weighted by molar-refractivity contribution is 0.102. The molecule has 3 rings (SSSR count). The minimum Gasteiger partial charge on any atom is -0.497 e. The van der Waals surface area contributed by atoms with Crippen LogP contribution in [-0.2, 0) is 6.42 Å². The van der Waals surface area contributed by atoms with Crippen LogP contribution in [0.1, 0.15) is 28.8 Å². The summed E-state index contributed by atoms with van der Waals surface area (Å²) in [6.07, 6.45) is 0.977. The number of ether oxygens (including phenoxy) is 2. The van der Waals surface area contributed by atoms with Gasteiger partial charge in [0.15, 0.2) is 0 Å². The van der Waals surface area contributed by atoms with Crippen LogP contribution >= 0.6 is 0 Å². The van der Waals surface area contributed by atoms with Crippen LogP contribution in [0.4, 0.5) is 17.2 Å². The van der Waals surface area contributed by atoms with E-state index in [2.05, 4.69) is 39.7 Å². The second kappa shape index (κ2) is 9.05. The number of benzene rings is 2. The Morgan fingerprint density at radius 1 is 1.00 bits per heavy atom. The lowest BCUT2D eigenvalue weighted by atomic mass is 10.1. The lowest BCUT2D eigenvalue weighted by Gasteiger charge is -2.12. The van der Waals surface area contributed by atoms with Crippen molar-refractivity contribution in [1.82, 2.24) is 9.97 Å². The van der Waals surface area contributed by atoms with Crippen molar-refractivity contribution in [2.45, 2.75) is 20.3 Å². The summed E-state index contributed by atoms with van der Waals surface area (Å²) in [5.74, 6) is 1.80. The van der Waals surface area contributed by atoms with Gasteiger partial charge in [0, 0.05) is 17.8 Å². The smallest absolute Gasteiger partial charge is 0.274 e. The average molecular weight is 392 g/mol. The number of nitrogens with one attached hydrogen (secondary N) is 2. The molecule has 0 aliphatic rings. The highest BCUT2D eigenvalue weighted by Crippen LogP contribution is 2.29. The summed E-state index contributed by atoms with van der Waals surface area (Å²) in [4.78, 5) is 21.4. The SMILES string of the molecule is CCc1ccc(Nc2cc(C(=O)Nc3cc(OC)ccc3OC)nc(C)n2)cc1. The predicted molar refractivity (Wildman–Crippen MR) is 113 cm³/mol. The molecule has 1 amide bonds. The van der Waals surface area contributed by atoms with Crippen LogP contribution in [0.15, 0.2) is 48.5 Å². The van der Waals surface area contributed by atoms with E-state index in [0.29, 0.717) is 28.8 Å². The first-order valence-electron chi connectivity index (χ1n) is 9.27. The monoisotopic (exact) mass is 392 g/mol. The number of amides is 1.